The van der Waals surface area contributed by atoms with Gasteiger partial charge >= 0.3 is 5.97 Å². The molecule has 276 valence electrons. The van der Waals surface area contributed by atoms with Crippen LogP contribution in [0.3, 0.4) is 0 Å². The summed E-state index contributed by atoms with van der Waals surface area (Å²) in [6.07, 6.45) is 3.26. The summed E-state index contributed by atoms with van der Waals surface area (Å²) < 4.78 is 25.0. The lowest BCUT2D eigenvalue weighted by Gasteiger charge is -2.68. The van der Waals surface area contributed by atoms with Crippen LogP contribution in [0.5, 0.6) is 0 Å². The molecule has 6 bridgehead atoms. The van der Waals surface area contributed by atoms with Crippen molar-refractivity contribution in [2.45, 2.75) is 95.0 Å². The number of piperidine rings is 1. The fourth-order valence-corrected chi connectivity index (χ4v) is 12.0. The lowest BCUT2D eigenvalue weighted by Crippen LogP contribution is -2.81. The first kappa shape index (κ1) is 36.2. The number of para-hydroxylation sites is 1. The number of anilines is 1. The van der Waals surface area contributed by atoms with Crippen molar-refractivity contribution in [1.82, 2.24) is 9.88 Å². The molecule has 12 atom stereocenters. The van der Waals surface area contributed by atoms with Crippen LogP contribution in [-0.2, 0) is 23.7 Å². The van der Waals surface area contributed by atoms with E-state index in [9.17, 15) is 19.8 Å². The summed E-state index contributed by atoms with van der Waals surface area (Å²) >= 11 is 0. The molecule has 4 saturated carbocycles. The molecule has 2 aromatic rings. The van der Waals surface area contributed by atoms with Gasteiger partial charge in [0.15, 0.2) is 0 Å². The zero-order valence-electron chi connectivity index (χ0n) is 31.0. The Hall–Kier alpha value is -3.19. The van der Waals surface area contributed by atoms with E-state index in [1.807, 2.05) is 32.9 Å². The lowest BCUT2D eigenvalue weighted by molar-refractivity contribution is -0.328. The number of likely N-dealkylation sites (tertiary alicyclic amines) is 1. The second-order valence-corrected chi connectivity index (χ2v) is 15.9. The molecule has 7 rings (SSSR count). The number of fused-ring (bicyclic) bond motifs is 2. The Morgan fingerprint density at radius 1 is 1.10 bits per heavy atom. The van der Waals surface area contributed by atoms with Crippen LogP contribution in [0.2, 0.25) is 0 Å². The molecule has 51 heavy (non-hydrogen) atoms. The molecular weight excluding hydrogens is 650 g/mol. The molecule has 1 aromatic heterocycles. The average molecular weight is 704 g/mol. The van der Waals surface area contributed by atoms with Crippen molar-refractivity contribution in [1.29, 1.82) is 0 Å². The highest BCUT2D eigenvalue weighted by molar-refractivity contribution is 6.06. The van der Waals surface area contributed by atoms with Gasteiger partial charge in [0.25, 0.3) is 0 Å². The largest absolute Gasteiger partial charge is 0.454 e. The number of likely N-dealkylation sites (N-methyl/N-ethyl adjacent to an activating group) is 1. The molecule has 0 spiro atoms. The van der Waals surface area contributed by atoms with E-state index in [2.05, 4.69) is 29.0 Å². The molecule has 2 heterocycles. The summed E-state index contributed by atoms with van der Waals surface area (Å²) in [7, 11) is 4.98. The number of hydrogen-bond acceptors (Lipinski definition) is 10. The van der Waals surface area contributed by atoms with Crippen molar-refractivity contribution < 1.29 is 38.7 Å². The molecule has 1 amide bonds. The summed E-state index contributed by atoms with van der Waals surface area (Å²) in [6.45, 7) is 11.1. The van der Waals surface area contributed by atoms with E-state index in [0.717, 1.165) is 11.3 Å². The van der Waals surface area contributed by atoms with Crippen molar-refractivity contribution in [2.24, 2.45) is 29.1 Å². The summed E-state index contributed by atoms with van der Waals surface area (Å²) in [5, 5.41) is 28.8. The quantitative estimate of drug-likeness (QED) is 0.244. The van der Waals surface area contributed by atoms with E-state index < -0.39 is 46.1 Å². The minimum Gasteiger partial charge on any atom is -0.454 e. The van der Waals surface area contributed by atoms with Gasteiger partial charge in [-0.2, -0.15) is 0 Å². The Morgan fingerprint density at radius 3 is 2.51 bits per heavy atom. The second-order valence-electron chi connectivity index (χ2n) is 15.9. The minimum atomic E-state index is -1.54. The number of nitrogens with one attached hydrogen (secondary N) is 1. The molecular formula is C40H53N3O8. The first-order valence-electron chi connectivity index (χ1n) is 18.3. The highest BCUT2D eigenvalue weighted by Crippen LogP contribution is 2.77. The lowest BCUT2D eigenvalue weighted by atomic mass is 9.46. The number of amides is 1. The minimum absolute atomic E-state index is 0.115. The molecule has 5 fully saturated rings. The van der Waals surface area contributed by atoms with Crippen LogP contribution in [0, 0.1) is 42.9 Å². The monoisotopic (exact) mass is 703 g/mol. The molecule has 11 nitrogen and oxygen atoms in total. The van der Waals surface area contributed by atoms with E-state index >= 15 is 0 Å². The van der Waals surface area contributed by atoms with E-state index in [1.165, 1.54) is 6.08 Å². The van der Waals surface area contributed by atoms with Gasteiger partial charge in [0, 0.05) is 81.2 Å². The average Bonchev–Trinajstić information content (AvgIpc) is 3.53. The number of aromatic nitrogens is 1. The molecule has 4 aliphatic carbocycles. The number of carbonyl (C=O) groups is 2. The summed E-state index contributed by atoms with van der Waals surface area (Å²) in [4.78, 5) is 34.3. The first-order chi connectivity index (χ1) is 24.2. The van der Waals surface area contributed by atoms with Crippen LogP contribution in [0.1, 0.15) is 67.3 Å². The second kappa shape index (κ2) is 12.7. The van der Waals surface area contributed by atoms with Crippen molar-refractivity contribution in [3.63, 3.8) is 0 Å². The number of carbonyl (C=O) groups excluding carboxylic acids is 2. The fourth-order valence-electron chi connectivity index (χ4n) is 12.0. The standard InChI is InChI=1S/C40H53N3O8/c1-9-43-21-37(5,51-36(45)26-12-10-11-13-29(26)42-33(44)15-14-25-17-22(2)16-23(3)41-25)31-19-28-34(43)39(31,24(4)48-6)32-18-27-30(49-7)20-38(28,46)40(32,47)35(27)50-8/h10-17,24,27-28,30-32,34-35,46-47H,9,18-21H2,1-8H3,(H,42,44)/b15-14+/t24-,27+,28?,30-,31+,32-,34-,35-,37+,38-,39?,40-/m0/s1. The van der Waals surface area contributed by atoms with E-state index in [-0.39, 0.29) is 41.6 Å². The first-order valence-corrected chi connectivity index (χ1v) is 18.3. The van der Waals surface area contributed by atoms with Gasteiger partial charge in [-0.25, -0.2) is 4.79 Å². The number of rotatable bonds is 10. The van der Waals surface area contributed by atoms with Gasteiger partial charge in [-0.15, -0.1) is 0 Å². The number of benzene rings is 1. The summed E-state index contributed by atoms with van der Waals surface area (Å²) in [6, 6.07) is 10.6. The SMILES string of the molecule is CCN1C[C@@](C)(OC(=O)c2ccccc2NC(=O)/C=C/c2cc(C)cc(C)n2)[C@H]2CC3[C@H]1C2([C@H](C)OC)[C@@H]1C[C@@H]2[C@@H](OC)C[C@@]3(O)[C@@]1(O)[C@H]2OC. The highest BCUT2D eigenvalue weighted by Gasteiger charge is 2.87. The van der Waals surface area contributed by atoms with E-state index in [0.29, 0.717) is 43.7 Å². The van der Waals surface area contributed by atoms with Crippen LogP contribution >= 0.6 is 0 Å². The maximum atomic E-state index is 14.4. The molecule has 1 aromatic carbocycles. The highest BCUT2D eigenvalue weighted by atomic mass is 16.6. The number of aliphatic hydroxyl groups is 2. The topological polar surface area (TPSA) is 140 Å². The van der Waals surface area contributed by atoms with Gasteiger partial charge in [0.05, 0.1) is 35.3 Å². The maximum absolute atomic E-state index is 14.4. The third kappa shape index (κ3) is 5.02. The van der Waals surface area contributed by atoms with Crippen LogP contribution in [0.15, 0.2) is 42.5 Å². The van der Waals surface area contributed by atoms with Crippen molar-refractivity contribution >= 4 is 23.6 Å². The van der Waals surface area contributed by atoms with Crippen LogP contribution in [0.4, 0.5) is 5.69 Å². The number of hydrogen-bond donors (Lipinski definition) is 3. The van der Waals surface area contributed by atoms with Gasteiger partial charge in [-0.3, -0.25) is 14.7 Å². The maximum Gasteiger partial charge on any atom is 0.340 e. The smallest absolute Gasteiger partial charge is 0.340 e. The Labute approximate surface area is 300 Å². The van der Waals surface area contributed by atoms with Crippen LogP contribution in [-0.4, -0.2) is 108 Å². The predicted molar refractivity (Wildman–Crippen MR) is 191 cm³/mol. The zero-order chi connectivity index (χ0) is 36.7. The van der Waals surface area contributed by atoms with Gasteiger partial charge in [-0.1, -0.05) is 19.1 Å². The number of ether oxygens (including phenoxy) is 4. The molecule has 11 heteroatoms. The Bertz CT molecular complexity index is 1710. The summed E-state index contributed by atoms with van der Waals surface area (Å²) in [5.41, 5.74) is -1.58. The summed E-state index contributed by atoms with van der Waals surface area (Å²) in [5.74, 6) is -2.08. The fraction of sp³-hybridized carbons (Fsp3) is 0.625. The Balaban J connectivity index is 1.24. The van der Waals surface area contributed by atoms with Crippen molar-refractivity contribution in [2.75, 3.05) is 39.7 Å². The van der Waals surface area contributed by atoms with Gasteiger partial charge in [0.2, 0.25) is 5.91 Å². The van der Waals surface area contributed by atoms with Gasteiger partial charge in [-0.05, 0) is 83.0 Å². The normalized spacial score (nSPS) is 40.0. The number of nitrogens with zero attached hydrogens (tertiary/aromatic N) is 2. The molecule has 1 aliphatic heterocycles. The van der Waals surface area contributed by atoms with Gasteiger partial charge < -0.3 is 34.5 Å². The molecule has 3 N–H and O–H groups in total. The Morgan fingerprint density at radius 2 is 1.84 bits per heavy atom. The van der Waals surface area contributed by atoms with Crippen LogP contribution in [0.25, 0.3) is 6.08 Å². The predicted octanol–water partition coefficient (Wildman–Crippen LogP) is 4.17. The molecule has 5 aliphatic rings. The number of aryl methyl sites for hydroxylation is 2. The van der Waals surface area contributed by atoms with Crippen molar-refractivity contribution in [3.8, 4) is 0 Å². The van der Waals surface area contributed by atoms with Crippen molar-refractivity contribution in [3.05, 3.63) is 65.0 Å². The molecule has 2 unspecified atom stereocenters. The number of pyridine rings is 1. The van der Waals surface area contributed by atoms with E-state index in [4.69, 9.17) is 18.9 Å². The Kier molecular flexibility index (Phi) is 9.04. The third-order valence-electron chi connectivity index (χ3n) is 13.7. The number of esters is 1. The van der Waals surface area contributed by atoms with Crippen LogP contribution < -0.4 is 5.32 Å². The third-order valence-corrected chi connectivity index (χ3v) is 13.7. The molecule has 1 saturated heterocycles. The zero-order valence-corrected chi connectivity index (χ0v) is 31.0. The van der Waals surface area contributed by atoms with Gasteiger partial charge in [0.1, 0.15) is 16.8 Å². The molecule has 0 radical (unpaired) electrons. The van der Waals surface area contributed by atoms with E-state index in [1.54, 1.807) is 51.7 Å². The number of methoxy groups -OCH3 is 3.